The van der Waals surface area contributed by atoms with E-state index in [4.69, 9.17) is 4.74 Å². The highest BCUT2D eigenvalue weighted by molar-refractivity contribution is 6.11. The lowest BCUT2D eigenvalue weighted by molar-refractivity contribution is -0.132. The first-order chi connectivity index (χ1) is 15.9. The summed E-state index contributed by atoms with van der Waals surface area (Å²) in [5.41, 5.74) is 1.74. The van der Waals surface area contributed by atoms with Gasteiger partial charge in [-0.15, -0.1) is 0 Å². The molecule has 10 heteroatoms. The van der Waals surface area contributed by atoms with Gasteiger partial charge in [0, 0.05) is 51.4 Å². The summed E-state index contributed by atoms with van der Waals surface area (Å²) in [4.78, 5) is 40.3. The lowest BCUT2D eigenvalue weighted by Crippen LogP contribution is -2.46. The third-order valence-electron chi connectivity index (χ3n) is 6.20. The monoisotopic (exact) mass is 453 g/mol. The Labute approximate surface area is 193 Å². The molecular formula is C23H31N7O3. The minimum Gasteiger partial charge on any atom is -0.497 e. The maximum Gasteiger partial charge on any atom is 0.261 e. The number of nitrogens with zero attached hydrogens (tertiary/aromatic N) is 5. The highest BCUT2D eigenvalue weighted by Gasteiger charge is 2.28. The number of fused-ring (bicyclic) bond motifs is 2. The number of methoxy groups -OCH3 is 1. The molecule has 2 amide bonds. The van der Waals surface area contributed by atoms with Crippen molar-refractivity contribution in [2.24, 2.45) is 0 Å². The number of carbonyl (C=O) groups is 2. The average Bonchev–Trinajstić information content (AvgIpc) is 2.96. The van der Waals surface area contributed by atoms with Gasteiger partial charge in [0.1, 0.15) is 17.1 Å². The van der Waals surface area contributed by atoms with Crippen LogP contribution in [0.2, 0.25) is 0 Å². The number of aromatic nitrogens is 2. The van der Waals surface area contributed by atoms with Crippen molar-refractivity contribution in [3.63, 3.8) is 0 Å². The van der Waals surface area contributed by atoms with Crippen molar-refractivity contribution >= 4 is 35.0 Å². The summed E-state index contributed by atoms with van der Waals surface area (Å²) in [6, 6.07) is 5.65. The Morgan fingerprint density at radius 2 is 1.94 bits per heavy atom. The van der Waals surface area contributed by atoms with E-state index in [0.717, 1.165) is 38.2 Å². The summed E-state index contributed by atoms with van der Waals surface area (Å²) in [7, 11) is 7.50. The van der Waals surface area contributed by atoms with E-state index < -0.39 is 0 Å². The van der Waals surface area contributed by atoms with Crippen molar-refractivity contribution in [2.75, 3.05) is 63.4 Å². The topological polar surface area (TPSA) is 103 Å². The fourth-order valence-electron chi connectivity index (χ4n) is 4.13. The molecule has 4 rings (SSSR count). The number of benzene rings is 1. The van der Waals surface area contributed by atoms with E-state index >= 15 is 0 Å². The predicted octanol–water partition coefficient (Wildman–Crippen LogP) is 2.17. The first-order valence-corrected chi connectivity index (χ1v) is 11.1. The Balaban J connectivity index is 1.45. The van der Waals surface area contributed by atoms with Gasteiger partial charge in [-0.25, -0.2) is 4.98 Å². The molecule has 33 heavy (non-hydrogen) atoms. The van der Waals surface area contributed by atoms with Crippen LogP contribution in [0.4, 0.5) is 23.1 Å². The van der Waals surface area contributed by atoms with Crippen LogP contribution in [0.3, 0.4) is 0 Å². The average molecular weight is 454 g/mol. The highest BCUT2D eigenvalue weighted by Crippen LogP contribution is 2.34. The number of anilines is 4. The van der Waals surface area contributed by atoms with E-state index in [1.54, 1.807) is 19.4 Å². The zero-order valence-electron chi connectivity index (χ0n) is 19.6. The van der Waals surface area contributed by atoms with E-state index in [0.29, 0.717) is 35.2 Å². The molecule has 3 heterocycles. The number of nitrogens with one attached hydrogen (secondary N) is 2. The Kier molecular flexibility index (Phi) is 6.64. The second kappa shape index (κ2) is 9.62. The van der Waals surface area contributed by atoms with Gasteiger partial charge >= 0.3 is 0 Å². The first kappa shape index (κ1) is 22.8. The number of ether oxygens (including phenoxy) is 1. The zero-order valence-corrected chi connectivity index (χ0v) is 19.6. The highest BCUT2D eigenvalue weighted by atomic mass is 16.5. The van der Waals surface area contributed by atoms with E-state index in [2.05, 4.69) is 20.6 Å². The van der Waals surface area contributed by atoms with E-state index in [-0.39, 0.29) is 17.9 Å². The molecular weight excluding hydrogens is 422 g/mol. The zero-order chi connectivity index (χ0) is 23.5. The standard InChI is InChI=1S/C23H31N7O3/c1-28(2)10-9-20(31)30-11-7-15(8-12-30)29(3)23-24-14-17-21(27-23)25-18-6-5-16(33-4)13-19(18)26-22(17)32/h5-6,13-15H,7-12H2,1-4H3,(H,26,32)(H,24,25,27). The molecule has 0 spiro atoms. The van der Waals surface area contributed by atoms with Gasteiger partial charge in [-0.05, 0) is 39.1 Å². The maximum absolute atomic E-state index is 12.7. The van der Waals surface area contributed by atoms with Crippen LogP contribution in [-0.4, -0.2) is 85.5 Å². The van der Waals surface area contributed by atoms with Crippen molar-refractivity contribution in [2.45, 2.75) is 25.3 Å². The van der Waals surface area contributed by atoms with Gasteiger partial charge in [0.15, 0.2) is 0 Å². The summed E-state index contributed by atoms with van der Waals surface area (Å²) in [5, 5.41) is 6.14. The largest absolute Gasteiger partial charge is 0.497 e. The third-order valence-corrected chi connectivity index (χ3v) is 6.20. The van der Waals surface area contributed by atoms with Crippen LogP contribution < -0.4 is 20.3 Å². The molecule has 0 bridgehead atoms. The lowest BCUT2D eigenvalue weighted by atomic mass is 10.0. The van der Waals surface area contributed by atoms with Gasteiger partial charge in [0.05, 0.1) is 18.5 Å². The minimum absolute atomic E-state index is 0.205. The second-order valence-electron chi connectivity index (χ2n) is 8.70. The Bertz CT molecular complexity index is 1030. The Morgan fingerprint density at radius 3 is 2.64 bits per heavy atom. The normalized spacial score (nSPS) is 15.8. The van der Waals surface area contributed by atoms with Crippen molar-refractivity contribution in [1.82, 2.24) is 19.8 Å². The molecule has 176 valence electrons. The summed E-state index contributed by atoms with van der Waals surface area (Å²) in [6.45, 7) is 2.21. The van der Waals surface area contributed by atoms with Gasteiger partial charge in [-0.3, -0.25) is 9.59 Å². The van der Waals surface area contributed by atoms with Gasteiger partial charge in [-0.1, -0.05) is 0 Å². The van der Waals surface area contributed by atoms with Crippen LogP contribution >= 0.6 is 0 Å². The molecule has 10 nitrogen and oxygen atoms in total. The smallest absolute Gasteiger partial charge is 0.261 e. The summed E-state index contributed by atoms with van der Waals surface area (Å²) in [5.74, 6) is 1.59. The van der Waals surface area contributed by atoms with E-state index in [9.17, 15) is 9.59 Å². The molecule has 2 aliphatic heterocycles. The van der Waals surface area contributed by atoms with Gasteiger partial charge in [0.2, 0.25) is 11.9 Å². The van der Waals surface area contributed by atoms with Gasteiger partial charge in [-0.2, -0.15) is 4.98 Å². The summed E-state index contributed by atoms with van der Waals surface area (Å²) in [6.07, 6.45) is 3.80. The molecule has 0 saturated carbocycles. The number of piperidine rings is 1. The maximum atomic E-state index is 12.7. The lowest BCUT2D eigenvalue weighted by Gasteiger charge is -2.37. The SMILES string of the molecule is COc1ccc2c(c1)NC(=O)c1cnc(N(C)C3CCN(C(=O)CCN(C)C)CC3)nc1N2. The number of amides is 2. The van der Waals surface area contributed by atoms with Crippen molar-refractivity contribution in [3.05, 3.63) is 30.0 Å². The number of hydrogen-bond donors (Lipinski definition) is 2. The fraction of sp³-hybridized carbons (Fsp3) is 0.478. The molecule has 0 aliphatic carbocycles. The molecule has 2 N–H and O–H groups in total. The van der Waals surface area contributed by atoms with Crippen LogP contribution in [0.1, 0.15) is 29.6 Å². The fourth-order valence-corrected chi connectivity index (χ4v) is 4.13. The predicted molar refractivity (Wildman–Crippen MR) is 127 cm³/mol. The van der Waals surface area contributed by atoms with E-state index in [1.165, 1.54) is 0 Å². The van der Waals surface area contributed by atoms with Crippen LogP contribution in [0, 0.1) is 0 Å². The summed E-state index contributed by atoms with van der Waals surface area (Å²) >= 11 is 0. The molecule has 2 aliphatic rings. The molecule has 0 atom stereocenters. The molecule has 1 fully saturated rings. The van der Waals surface area contributed by atoms with Crippen LogP contribution in [0.15, 0.2) is 24.4 Å². The minimum atomic E-state index is -0.275. The Hall–Kier alpha value is -3.40. The molecule has 0 radical (unpaired) electrons. The molecule has 1 aromatic carbocycles. The van der Waals surface area contributed by atoms with Gasteiger partial charge in [0.25, 0.3) is 5.91 Å². The quantitative estimate of drug-likeness (QED) is 0.686. The van der Waals surface area contributed by atoms with Crippen LogP contribution in [-0.2, 0) is 4.79 Å². The second-order valence-corrected chi connectivity index (χ2v) is 8.70. The number of likely N-dealkylation sites (tertiary alicyclic amines) is 1. The third kappa shape index (κ3) is 5.00. The van der Waals surface area contributed by atoms with E-state index in [1.807, 2.05) is 48.0 Å². The van der Waals surface area contributed by atoms with Crippen molar-refractivity contribution in [3.8, 4) is 5.75 Å². The first-order valence-electron chi connectivity index (χ1n) is 11.1. The van der Waals surface area contributed by atoms with Crippen molar-refractivity contribution < 1.29 is 14.3 Å². The summed E-state index contributed by atoms with van der Waals surface area (Å²) < 4.78 is 5.26. The number of rotatable bonds is 6. The van der Waals surface area contributed by atoms with Crippen molar-refractivity contribution in [1.29, 1.82) is 0 Å². The number of carbonyl (C=O) groups excluding carboxylic acids is 2. The van der Waals surface area contributed by atoms with Crippen LogP contribution in [0.5, 0.6) is 5.75 Å². The number of hydrogen-bond acceptors (Lipinski definition) is 8. The molecule has 1 saturated heterocycles. The Morgan fingerprint density at radius 1 is 1.18 bits per heavy atom. The molecule has 0 unspecified atom stereocenters. The van der Waals surface area contributed by atoms with Crippen LogP contribution in [0.25, 0.3) is 0 Å². The van der Waals surface area contributed by atoms with Gasteiger partial charge < -0.3 is 30.1 Å². The molecule has 1 aromatic heterocycles. The molecule has 2 aromatic rings.